The van der Waals surface area contributed by atoms with Gasteiger partial charge in [-0.1, -0.05) is 6.92 Å². The second kappa shape index (κ2) is 6.17. The molecule has 0 amide bonds. The van der Waals surface area contributed by atoms with Crippen LogP contribution in [0, 0.1) is 6.92 Å². The molecule has 0 saturated heterocycles. The number of rotatable bonds is 6. The van der Waals surface area contributed by atoms with Crippen LogP contribution >= 0.6 is 11.3 Å². The van der Waals surface area contributed by atoms with Crippen molar-refractivity contribution in [3.8, 4) is 0 Å². The van der Waals surface area contributed by atoms with Crippen molar-refractivity contribution in [3.05, 3.63) is 28.5 Å². The van der Waals surface area contributed by atoms with E-state index in [-0.39, 0.29) is 5.54 Å². The van der Waals surface area contributed by atoms with E-state index in [1.54, 1.807) is 11.3 Å². The zero-order valence-corrected chi connectivity index (χ0v) is 13.2. The number of hydrogen-bond acceptors (Lipinski definition) is 6. The zero-order chi connectivity index (χ0) is 14.6. The third kappa shape index (κ3) is 3.66. The molecule has 0 aromatic carbocycles. The summed E-state index contributed by atoms with van der Waals surface area (Å²) in [7, 11) is 0. The summed E-state index contributed by atoms with van der Waals surface area (Å²) in [4.78, 5) is 13.2. The number of aryl methyl sites for hydroxylation is 1. The molecule has 2 rings (SSSR count). The van der Waals surface area contributed by atoms with Crippen LogP contribution < -0.4 is 10.6 Å². The third-order valence-electron chi connectivity index (χ3n) is 2.80. The van der Waals surface area contributed by atoms with Crippen LogP contribution in [0.2, 0.25) is 0 Å². The highest BCUT2D eigenvalue weighted by atomic mass is 32.1. The Bertz CT molecular complexity index is 551. The van der Waals surface area contributed by atoms with Gasteiger partial charge in [-0.2, -0.15) is 0 Å². The maximum atomic E-state index is 4.45. The highest BCUT2D eigenvalue weighted by Crippen LogP contribution is 2.27. The molecule has 0 aliphatic rings. The molecular formula is C14H21N5S. The van der Waals surface area contributed by atoms with Crippen LogP contribution in [0.5, 0.6) is 0 Å². The van der Waals surface area contributed by atoms with Gasteiger partial charge in [0.15, 0.2) is 0 Å². The lowest BCUT2D eigenvalue weighted by Gasteiger charge is -2.24. The molecule has 6 heteroatoms. The summed E-state index contributed by atoms with van der Waals surface area (Å²) < 4.78 is 0. The highest BCUT2D eigenvalue weighted by molar-refractivity contribution is 7.09. The SMILES string of the molecule is CCCNc1cc(NC(C)(C)c2nccs2)nc(C)n1. The van der Waals surface area contributed by atoms with Gasteiger partial charge in [0.25, 0.3) is 0 Å². The largest absolute Gasteiger partial charge is 0.370 e. The Balaban J connectivity index is 2.18. The van der Waals surface area contributed by atoms with E-state index in [1.807, 2.05) is 24.6 Å². The lowest BCUT2D eigenvalue weighted by Crippen LogP contribution is -2.28. The predicted octanol–water partition coefficient (Wildman–Crippen LogP) is 3.41. The standard InChI is InChI=1S/C14H21N5S/c1-5-6-15-11-9-12(18-10(2)17-11)19-14(3,4)13-16-7-8-20-13/h7-9H,5-6H2,1-4H3,(H2,15,17,18,19). The number of nitrogens with zero attached hydrogens (tertiary/aromatic N) is 3. The maximum Gasteiger partial charge on any atom is 0.132 e. The van der Waals surface area contributed by atoms with Crippen LogP contribution in [0.3, 0.4) is 0 Å². The molecule has 108 valence electrons. The van der Waals surface area contributed by atoms with Crippen molar-refractivity contribution in [1.82, 2.24) is 15.0 Å². The number of anilines is 2. The molecule has 0 aliphatic heterocycles. The average Bonchev–Trinajstić information content (AvgIpc) is 2.89. The van der Waals surface area contributed by atoms with E-state index < -0.39 is 0 Å². The van der Waals surface area contributed by atoms with Gasteiger partial charge in [-0.15, -0.1) is 11.3 Å². The van der Waals surface area contributed by atoms with Crippen molar-refractivity contribution in [2.24, 2.45) is 0 Å². The first kappa shape index (κ1) is 14.7. The topological polar surface area (TPSA) is 62.7 Å². The second-order valence-electron chi connectivity index (χ2n) is 5.20. The van der Waals surface area contributed by atoms with Crippen LogP contribution in [0.15, 0.2) is 17.6 Å². The number of aromatic nitrogens is 3. The molecule has 0 spiro atoms. The van der Waals surface area contributed by atoms with E-state index in [9.17, 15) is 0 Å². The van der Waals surface area contributed by atoms with E-state index >= 15 is 0 Å². The van der Waals surface area contributed by atoms with Crippen LogP contribution in [0.1, 0.15) is 38.0 Å². The van der Waals surface area contributed by atoms with Gasteiger partial charge in [0.1, 0.15) is 22.5 Å². The average molecular weight is 291 g/mol. The van der Waals surface area contributed by atoms with Crippen LogP contribution in [-0.2, 0) is 5.54 Å². The fraction of sp³-hybridized carbons (Fsp3) is 0.500. The highest BCUT2D eigenvalue weighted by Gasteiger charge is 2.23. The molecule has 2 N–H and O–H groups in total. The van der Waals surface area contributed by atoms with Gasteiger partial charge in [-0.05, 0) is 27.2 Å². The molecule has 0 bridgehead atoms. The summed E-state index contributed by atoms with van der Waals surface area (Å²) in [6, 6.07) is 1.94. The Hall–Kier alpha value is -1.69. The van der Waals surface area contributed by atoms with Gasteiger partial charge in [-0.3, -0.25) is 0 Å². The molecule has 0 saturated carbocycles. The van der Waals surface area contributed by atoms with Crippen molar-refractivity contribution in [1.29, 1.82) is 0 Å². The molecule has 20 heavy (non-hydrogen) atoms. The molecule has 0 atom stereocenters. The lowest BCUT2D eigenvalue weighted by atomic mass is 10.1. The van der Waals surface area contributed by atoms with Gasteiger partial charge >= 0.3 is 0 Å². The second-order valence-corrected chi connectivity index (χ2v) is 6.09. The minimum Gasteiger partial charge on any atom is -0.370 e. The first-order chi connectivity index (χ1) is 9.51. The number of thiazole rings is 1. The normalized spacial score (nSPS) is 11.4. The Kier molecular flexibility index (Phi) is 4.54. The van der Waals surface area contributed by atoms with Crippen molar-refractivity contribution >= 4 is 23.0 Å². The quantitative estimate of drug-likeness (QED) is 0.854. The Morgan fingerprint density at radius 3 is 2.65 bits per heavy atom. The Labute approximate surface area is 123 Å². The third-order valence-corrected chi connectivity index (χ3v) is 3.90. The molecular weight excluding hydrogens is 270 g/mol. The zero-order valence-electron chi connectivity index (χ0n) is 12.4. The number of nitrogens with one attached hydrogen (secondary N) is 2. The summed E-state index contributed by atoms with van der Waals surface area (Å²) in [6.07, 6.45) is 2.89. The summed E-state index contributed by atoms with van der Waals surface area (Å²) in [5.74, 6) is 2.43. The summed E-state index contributed by atoms with van der Waals surface area (Å²) in [5.41, 5.74) is -0.253. The minimum atomic E-state index is -0.253. The monoisotopic (exact) mass is 291 g/mol. The van der Waals surface area contributed by atoms with Gasteiger partial charge in [-0.25, -0.2) is 15.0 Å². The molecule has 0 aliphatic carbocycles. The first-order valence-corrected chi connectivity index (χ1v) is 7.67. The minimum absolute atomic E-state index is 0.253. The van der Waals surface area contributed by atoms with E-state index in [4.69, 9.17) is 0 Å². The predicted molar refractivity (Wildman–Crippen MR) is 84.3 cm³/mol. The van der Waals surface area contributed by atoms with Crippen LogP contribution in [-0.4, -0.2) is 21.5 Å². The van der Waals surface area contributed by atoms with Crippen LogP contribution in [0.4, 0.5) is 11.6 Å². The van der Waals surface area contributed by atoms with Gasteiger partial charge < -0.3 is 10.6 Å². The fourth-order valence-electron chi connectivity index (χ4n) is 1.88. The van der Waals surface area contributed by atoms with Gasteiger partial charge in [0.05, 0.1) is 5.54 Å². The first-order valence-electron chi connectivity index (χ1n) is 6.79. The van der Waals surface area contributed by atoms with Gasteiger partial charge in [0.2, 0.25) is 0 Å². The van der Waals surface area contributed by atoms with E-state index in [2.05, 4.69) is 46.4 Å². The fourth-order valence-corrected chi connectivity index (χ4v) is 2.60. The molecule has 2 aromatic rings. The molecule has 2 heterocycles. The molecule has 0 radical (unpaired) electrons. The maximum absolute atomic E-state index is 4.45. The van der Waals surface area contributed by atoms with Crippen LogP contribution in [0.25, 0.3) is 0 Å². The van der Waals surface area contributed by atoms with E-state index in [0.29, 0.717) is 0 Å². The van der Waals surface area contributed by atoms with Crippen molar-refractivity contribution in [2.45, 2.75) is 39.7 Å². The smallest absolute Gasteiger partial charge is 0.132 e. The van der Waals surface area contributed by atoms with Crippen molar-refractivity contribution < 1.29 is 0 Å². The Morgan fingerprint density at radius 1 is 1.25 bits per heavy atom. The van der Waals surface area contributed by atoms with Crippen molar-refractivity contribution in [3.63, 3.8) is 0 Å². The Morgan fingerprint density at radius 2 is 2.00 bits per heavy atom. The molecule has 2 aromatic heterocycles. The lowest BCUT2D eigenvalue weighted by molar-refractivity contribution is 0.600. The molecule has 5 nitrogen and oxygen atoms in total. The van der Waals surface area contributed by atoms with E-state index in [0.717, 1.165) is 35.4 Å². The molecule has 0 unspecified atom stereocenters. The molecule has 0 fully saturated rings. The summed E-state index contributed by atoms with van der Waals surface area (Å²) in [6.45, 7) is 9.14. The van der Waals surface area contributed by atoms with E-state index in [1.165, 1.54) is 0 Å². The number of hydrogen-bond donors (Lipinski definition) is 2. The van der Waals surface area contributed by atoms with Gasteiger partial charge in [0, 0.05) is 24.2 Å². The van der Waals surface area contributed by atoms with Crippen molar-refractivity contribution in [2.75, 3.05) is 17.2 Å². The summed E-state index contributed by atoms with van der Waals surface area (Å²) >= 11 is 1.64. The summed E-state index contributed by atoms with van der Waals surface area (Å²) in [5, 5.41) is 9.75.